The minimum absolute atomic E-state index is 0.00297. The number of aromatic nitrogens is 1. The predicted octanol–water partition coefficient (Wildman–Crippen LogP) is 1.46. The van der Waals surface area contributed by atoms with E-state index >= 15 is 0 Å². The van der Waals surface area contributed by atoms with E-state index in [4.69, 9.17) is 10.8 Å². The van der Waals surface area contributed by atoms with Gasteiger partial charge in [0, 0.05) is 12.7 Å². The van der Waals surface area contributed by atoms with Crippen LogP contribution in [0.5, 0.6) is 0 Å². The topological polar surface area (TPSA) is 105 Å². The smallest absolute Gasteiger partial charge is 0.417 e. The lowest BCUT2D eigenvalue weighted by molar-refractivity contribution is -0.138. The summed E-state index contributed by atoms with van der Waals surface area (Å²) in [4.78, 5) is 26.2. The number of rotatable bonds is 4. The molecule has 2 heterocycles. The first-order chi connectivity index (χ1) is 10.2. The number of carbonyl (C=O) groups excluding carboxylic acids is 1. The summed E-state index contributed by atoms with van der Waals surface area (Å²) in [6.07, 6.45) is -3.54. The van der Waals surface area contributed by atoms with Gasteiger partial charge in [-0.3, -0.25) is 14.6 Å². The van der Waals surface area contributed by atoms with Crippen LogP contribution >= 0.6 is 11.3 Å². The van der Waals surface area contributed by atoms with E-state index in [1.165, 1.54) is 6.07 Å². The highest BCUT2D eigenvalue weighted by atomic mass is 32.1. The van der Waals surface area contributed by atoms with Gasteiger partial charge in [0.15, 0.2) is 0 Å². The number of thiophene rings is 1. The van der Waals surface area contributed by atoms with Crippen LogP contribution in [0.2, 0.25) is 0 Å². The molecule has 0 saturated carbocycles. The van der Waals surface area contributed by atoms with Crippen molar-refractivity contribution in [2.75, 3.05) is 6.54 Å². The van der Waals surface area contributed by atoms with Crippen molar-refractivity contribution in [2.45, 2.75) is 12.2 Å². The molecule has 2 aromatic rings. The second-order valence-electron chi connectivity index (χ2n) is 4.34. The maximum Gasteiger partial charge on any atom is 0.417 e. The normalized spacial score (nSPS) is 13.1. The molecule has 10 heteroatoms. The van der Waals surface area contributed by atoms with E-state index in [1.807, 2.05) is 0 Å². The van der Waals surface area contributed by atoms with Crippen LogP contribution in [-0.4, -0.2) is 34.6 Å². The molecule has 0 fully saturated rings. The third-order valence-electron chi connectivity index (χ3n) is 2.74. The molecule has 1 amide bonds. The number of halogens is 3. The largest absolute Gasteiger partial charge is 0.480 e. The molecule has 0 unspecified atom stereocenters. The zero-order chi connectivity index (χ0) is 16.5. The number of nitrogens with one attached hydrogen (secondary N) is 1. The number of hydrogen-bond acceptors (Lipinski definition) is 5. The van der Waals surface area contributed by atoms with Crippen molar-refractivity contribution in [3.63, 3.8) is 0 Å². The van der Waals surface area contributed by atoms with Crippen molar-refractivity contribution in [3.05, 3.63) is 28.8 Å². The molecule has 0 radical (unpaired) electrons. The Hall–Kier alpha value is -2.20. The lowest BCUT2D eigenvalue weighted by Gasteiger charge is -2.07. The zero-order valence-electron chi connectivity index (χ0n) is 10.8. The predicted molar refractivity (Wildman–Crippen MR) is 72.6 cm³/mol. The molecule has 0 bridgehead atoms. The van der Waals surface area contributed by atoms with E-state index < -0.39 is 29.7 Å². The van der Waals surface area contributed by atoms with Crippen molar-refractivity contribution >= 4 is 33.4 Å². The Labute approximate surface area is 125 Å². The second kappa shape index (κ2) is 5.89. The molecule has 22 heavy (non-hydrogen) atoms. The summed E-state index contributed by atoms with van der Waals surface area (Å²) in [5, 5.41) is 10.9. The number of pyridine rings is 1. The van der Waals surface area contributed by atoms with Gasteiger partial charge in [-0.15, -0.1) is 11.3 Å². The number of nitrogens with zero attached hydrogens (tertiary/aromatic N) is 1. The number of carboxylic acid groups (broad SMARTS) is 1. The lowest BCUT2D eigenvalue weighted by atomic mass is 10.2. The molecule has 0 aromatic carbocycles. The van der Waals surface area contributed by atoms with E-state index in [0.29, 0.717) is 11.3 Å². The lowest BCUT2D eigenvalue weighted by Crippen LogP contribution is -2.42. The van der Waals surface area contributed by atoms with Crippen molar-refractivity contribution in [1.29, 1.82) is 0 Å². The molecule has 0 aliphatic rings. The van der Waals surface area contributed by atoms with E-state index in [1.54, 1.807) is 0 Å². The number of hydrogen-bond donors (Lipinski definition) is 3. The van der Waals surface area contributed by atoms with Crippen LogP contribution in [0.1, 0.15) is 15.2 Å². The number of nitrogens with two attached hydrogens (primary N) is 1. The maximum atomic E-state index is 12.9. The molecule has 0 aliphatic heterocycles. The number of carboxylic acids is 1. The van der Waals surface area contributed by atoms with E-state index in [9.17, 15) is 22.8 Å². The molecule has 2 aromatic heterocycles. The van der Waals surface area contributed by atoms with Crippen LogP contribution in [0.3, 0.4) is 0 Å². The second-order valence-corrected chi connectivity index (χ2v) is 5.39. The first-order valence-corrected chi connectivity index (χ1v) is 6.74. The molecule has 1 atom stereocenters. The van der Waals surface area contributed by atoms with Crippen LogP contribution in [0.25, 0.3) is 10.2 Å². The molecular weight excluding hydrogens is 323 g/mol. The van der Waals surface area contributed by atoms with Gasteiger partial charge in [0.2, 0.25) is 0 Å². The third kappa shape index (κ3) is 3.34. The van der Waals surface area contributed by atoms with E-state index in [2.05, 4.69) is 10.3 Å². The number of fused-ring (bicyclic) bond motifs is 1. The van der Waals surface area contributed by atoms with E-state index in [0.717, 1.165) is 12.3 Å². The Balaban J connectivity index is 2.26. The monoisotopic (exact) mass is 333 g/mol. The van der Waals surface area contributed by atoms with Gasteiger partial charge in [-0.2, -0.15) is 13.2 Å². The summed E-state index contributed by atoms with van der Waals surface area (Å²) in [6, 6.07) is 0.764. The maximum absolute atomic E-state index is 12.9. The summed E-state index contributed by atoms with van der Waals surface area (Å²) in [5.74, 6) is -1.99. The highest BCUT2D eigenvalue weighted by Crippen LogP contribution is 2.37. The fraction of sp³-hybridized carbons (Fsp3) is 0.250. The Morgan fingerprint density at radius 3 is 2.73 bits per heavy atom. The molecule has 0 aliphatic carbocycles. The molecular formula is C12H10F3N3O3S. The number of amides is 1. The van der Waals surface area contributed by atoms with Gasteiger partial charge in [0.25, 0.3) is 5.91 Å². The summed E-state index contributed by atoms with van der Waals surface area (Å²) < 4.78 is 38.5. The van der Waals surface area contributed by atoms with Gasteiger partial charge in [0.05, 0.1) is 20.7 Å². The SMILES string of the molecule is N[C@H](CNC(=O)c1cc2nccc(C(F)(F)F)c2s1)C(=O)O. The summed E-state index contributed by atoms with van der Waals surface area (Å²) >= 11 is 0.636. The number of carbonyl (C=O) groups is 2. The molecule has 0 saturated heterocycles. The fourth-order valence-electron chi connectivity index (χ4n) is 1.65. The van der Waals surface area contributed by atoms with E-state index in [-0.39, 0.29) is 21.6 Å². The molecule has 0 spiro atoms. The first-order valence-electron chi connectivity index (χ1n) is 5.92. The third-order valence-corrected chi connectivity index (χ3v) is 3.90. The highest BCUT2D eigenvalue weighted by Gasteiger charge is 2.33. The minimum Gasteiger partial charge on any atom is -0.480 e. The summed E-state index contributed by atoms with van der Waals surface area (Å²) in [7, 11) is 0. The van der Waals surface area contributed by atoms with Crippen molar-refractivity contribution in [1.82, 2.24) is 10.3 Å². The highest BCUT2D eigenvalue weighted by molar-refractivity contribution is 7.21. The van der Waals surface area contributed by atoms with Crippen LogP contribution < -0.4 is 11.1 Å². The Bertz CT molecular complexity index is 729. The molecule has 2 rings (SSSR count). The van der Waals surface area contributed by atoms with Crippen LogP contribution in [0, 0.1) is 0 Å². The Morgan fingerprint density at radius 1 is 1.45 bits per heavy atom. The quantitative estimate of drug-likeness (QED) is 0.785. The van der Waals surface area contributed by atoms with Crippen LogP contribution in [0.4, 0.5) is 13.2 Å². The van der Waals surface area contributed by atoms with Gasteiger partial charge < -0.3 is 16.2 Å². The number of aliphatic carboxylic acids is 1. The molecule has 6 nitrogen and oxygen atoms in total. The fourth-order valence-corrected chi connectivity index (χ4v) is 2.72. The molecule has 4 N–H and O–H groups in total. The average molecular weight is 333 g/mol. The van der Waals surface area contributed by atoms with Gasteiger partial charge >= 0.3 is 12.1 Å². The van der Waals surface area contributed by atoms with Crippen LogP contribution in [-0.2, 0) is 11.0 Å². The van der Waals surface area contributed by atoms with Crippen LogP contribution in [0.15, 0.2) is 18.3 Å². The zero-order valence-corrected chi connectivity index (χ0v) is 11.7. The van der Waals surface area contributed by atoms with Gasteiger partial charge in [-0.1, -0.05) is 0 Å². The Morgan fingerprint density at radius 2 is 2.14 bits per heavy atom. The standard InChI is InChI=1S/C12H10F3N3O3S/c13-12(14,15)5-1-2-17-7-3-8(22-9(5)7)10(19)18-4-6(16)11(20)21/h1-3,6H,4,16H2,(H,18,19)(H,20,21)/t6-/m1/s1. The first kappa shape index (κ1) is 16.2. The van der Waals surface area contributed by atoms with Gasteiger partial charge in [-0.25, -0.2) is 0 Å². The van der Waals surface area contributed by atoms with Crippen molar-refractivity contribution in [2.24, 2.45) is 5.73 Å². The van der Waals surface area contributed by atoms with Crippen molar-refractivity contribution < 1.29 is 27.9 Å². The Kier molecular flexibility index (Phi) is 4.33. The number of alkyl halides is 3. The summed E-state index contributed by atoms with van der Waals surface area (Å²) in [6.45, 7) is -0.331. The van der Waals surface area contributed by atoms with Crippen molar-refractivity contribution in [3.8, 4) is 0 Å². The van der Waals surface area contributed by atoms with Gasteiger partial charge in [-0.05, 0) is 12.1 Å². The average Bonchev–Trinajstić information content (AvgIpc) is 2.86. The molecule has 118 valence electrons. The minimum atomic E-state index is -4.55. The summed E-state index contributed by atoms with van der Waals surface area (Å²) in [5.41, 5.74) is 4.40. The van der Waals surface area contributed by atoms with Gasteiger partial charge in [0.1, 0.15) is 6.04 Å².